The minimum Gasteiger partial charge on any atom is -0.385 e. The standard InChI is InChI=1S/C10H9BrO2/c11-7-3-1-6-2-4-9(12)10(13)8(6)5-7/h1,3,5,9,12H,2,4H2/t9-/m1/s1. The summed E-state index contributed by atoms with van der Waals surface area (Å²) in [6.45, 7) is 0. The number of Topliss-reactive ketones (excluding diaryl/α,β-unsaturated/α-hetero) is 1. The number of carbonyl (C=O) groups is 1. The van der Waals surface area contributed by atoms with Crippen LogP contribution in [0.1, 0.15) is 22.3 Å². The molecule has 0 spiro atoms. The second kappa shape index (κ2) is 3.24. The zero-order valence-corrected chi connectivity index (χ0v) is 8.54. The Labute approximate surface area is 84.7 Å². The number of ketones is 1. The Morgan fingerprint density at radius 3 is 3.00 bits per heavy atom. The average Bonchev–Trinajstić information content (AvgIpc) is 2.12. The summed E-state index contributed by atoms with van der Waals surface area (Å²) in [6.07, 6.45) is 0.532. The van der Waals surface area contributed by atoms with Gasteiger partial charge in [0.25, 0.3) is 0 Å². The van der Waals surface area contributed by atoms with Gasteiger partial charge in [-0.1, -0.05) is 22.0 Å². The summed E-state index contributed by atoms with van der Waals surface area (Å²) >= 11 is 3.30. The fourth-order valence-electron chi connectivity index (χ4n) is 1.60. The molecule has 13 heavy (non-hydrogen) atoms. The summed E-state index contributed by atoms with van der Waals surface area (Å²) in [7, 11) is 0. The number of fused-ring (bicyclic) bond motifs is 1. The molecule has 2 nitrogen and oxygen atoms in total. The number of aryl methyl sites for hydroxylation is 1. The molecule has 1 aromatic rings. The van der Waals surface area contributed by atoms with Crippen LogP contribution in [0.15, 0.2) is 22.7 Å². The van der Waals surface area contributed by atoms with Gasteiger partial charge in [0, 0.05) is 10.0 Å². The van der Waals surface area contributed by atoms with Crippen molar-refractivity contribution < 1.29 is 9.90 Å². The lowest BCUT2D eigenvalue weighted by atomic mass is 9.89. The Kier molecular flexibility index (Phi) is 2.22. The molecular formula is C10H9BrO2. The number of hydrogen-bond donors (Lipinski definition) is 1. The minimum absolute atomic E-state index is 0.150. The maximum atomic E-state index is 11.5. The van der Waals surface area contributed by atoms with Gasteiger partial charge in [-0.05, 0) is 30.5 Å². The lowest BCUT2D eigenvalue weighted by Crippen LogP contribution is -2.26. The first-order valence-corrected chi connectivity index (χ1v) is 4.98. The highest BCUT2D eigenvalue weighted by Gasteiger charge is 2.25. The molecule has 0 saturated carbocycles. The van der Waals surface area contributed by atoms with Gasteiger partial charge in [-0.3, -0.25) is 4.79 Å². The fourth-order valence-corrected chi connectivity index (χ4v) is 1.96. The fraction of sp³-hybridized carbons (Fsp3) is 0.300. The lowest BCUT2D eigenvalue weighted by Gasteiger charge is -2.19. The van der Waals surface area contributed by atoms with E-state index < -0.39 is 6.10 Å². The molecule has 1 aliphatic rings. The van der Waals surface area contributed by atoms with Crippen molar-refractivity contribution in [3.05, 3.63) is 33.8 Å². The Hall–Kier alpha value is -0.670. The topological polar surface area (TPSA) is 37.3 Å². The van der Waals surface area contributed by atoms with Crippen LogP contribution >= 0.6 is 15.9 Å². The van der Waals surface area contributed by atoms with Crippen LogP contribution in [0.3, 0.4) is 0 Å². The number of rotatable bonds is 0. The second-order valence-corrected chi connectivity index (χ2v) is 4.14. The lowest BCUT2D eigenvalue weighted by molar-refractivity contribution is 0.0712. The van der Waals surface area contributed by atoms with Crippen molar-refractivity contribution in [3.63, 3.8) is 0 Å². The van der Waals surface area contributed by atoms with E-state index in [4.69, 9.17) is 0 Å². The monoisotopic (exact) mass is 240 g/mol. The highest BCUT2D eigenvalue weighted by Crippen LogP contribution is 2.24. The summed E-state index contributed by atoms with van der Waals surface area (Å²) in [5.74, 6) is -0.150. The van der Waals surface area contributed by atoms with E-state index in [2.05, 4.69) is 15.9 Å². The summed E-state index contributed by atoms with van der Waals surface area (Å²) in [5, 5.41) is 9.35. The molecule has 1 aromatic carbocycles. The third-order valence-electron chi connectivity index (χ3n) is 2.33. The third kappa shape index (κ3) is 1.54. The van der Waals surface area contributed by atoms with Crippen LogP contribution < -0.4 is 0 Å². The second-order valence-electron chi connectivity index (χ2n) is 3.22. The summed E-state index contributed by atoms with van der Waals surface area (Å²) in [4.78, 5) is 11.5. The van der Waals surface area contributed by atoms with E-state index in [0.717, 1.165) is 16.5 Å². The minimum atomic E-state index is -0.804. The van der Waals surface area contributed by atoms with E-state index >= 15 is 0 Å². The number of aliphatic hydroxyl groups excluding tert-OH is 1. The van der Waals surface area contributed by atoms with E-state index in [1.54, 1.807) is 6.07 Å². The van der Waals surface area contributed by atoms with Gasteiger partial charge < -0.3 is 5.11 Å². The number of carbonyl (C=O) groups excluding carboxylic acids is 1. The SMILES string of the molecule is O=C1c2cc(Br)ccc2CC[C@H]1O. The molecule has 0 fully saturated rings. The molecule has 1 aliphatic carbocycles. The molecule has 2 rings (SSSR count). The van der Waals surface area contributed by atoms with Gasteiger partial charge in [0.2, 0.25) is 0 Å². The van der Waals surface area contributed by atoms with Crippen LogP contribution in [0.2, 0.25) is 0 Å². The average molecular weight is 241 g/mol. The van der Waals surface area contributed by atoms with E-state index in [9.17, 15) is 9.90 Å². The van der Waals surface area contributed by atoms with Crippen LogP contribution in [0.25, 0.3) is 0 Å². The van der Waals surface area contributed by atoms with Gasteiger partial charge in [0.05, 0.1) is 0 Å². The van der Waals surface area contributed by atoms with Crippen molar-refractivity contribution in [2.24, 2.45) is 0 Å². The van der Waals surface area contributed by atoms with Gasteiger partial charge in [-0.2, -0.15) is 0 Å². The molecule has 0 saturated heterocycles. The van der Waals surface area contributed by atoms with Gasteiger partial charge in [0.15, 0.2) is 5.78 Å². The van der Waals surface area contributed by atoms with E-state index in [1.807, 2.05) is 12.1 Å². The van der Waals surface area contributed by atoms with Crippen LogP contribution in [0, 0.1) is 0 Å². The molecule has 0 aromatic heterocycles. The van der Waals surface area contributed by atoms with Gasteiger partial charge in [-0.15, -0.1) is 0 Å². The van der Waals surface area contributed by atoms with Crippen molar-refractivity contribution in [1.29, 1.82) is 0 Å². The van der Waals surface area contributed by atoms with E-state index in [1.165, 1.54) is 0 Å². The Bertz CT molecular complexity index is 360. The molecule has 1 N–H and O–H groups in total. The molecule has 68 valence electrons. The smallest absolute Gasteiger partial charge is 0.191 e. The maximum absolute atomic E-state index is 11.5. The first-order valence-electron chi connectivity index (χ1n) is 4.19. The van der Waals surface area contributed by atoms with Gasteiger partial charge in [0.1, 0.15) is 6.10 Å². The Morgan fingerprint density at radius 2 is 2.23 bits per heavy atom. The first-order chi connectivity index (χ1) is 6.18. The predicted octanol–water partition coefficient (Wildman–Crippen LogP) is 1.94. The van der Waals surface area contributed by atoms with Gasteiger partial charge >= 0.3 is 0 Å². The zero-order valence-electron chi connectivity index (χ0n) is 6.96. The van der Waals surface area contributed by atoms with Crippen molar-refractivity contribution in [2.45, 2.75) is 18.9 Å². The summed E-state index contributed by atoms with van der Waals surface area (Å²) in [6, 6.07) is 5.63. The molecule has 0 amide bonds. The number of hydrogen-bond acceptors (Lipinski definition) is 2. The molecule has 0 aliphatic heterocycles. The molecule has 0 unspecified atom stereocenters. The van der Waals surface area contributed by atoms with Crippen molar-refractivity contribution in [1.82, 2.24) is 0 Å². The number of benzene rings is 1. The molecule has 0 radical (unpaired) electrons. The highest BCUT2D eigenvalue weighted by molar-refractivity contribution is 9.10. The first kappa shape index (κ1) is 8.91. The van der Waals surface area contributed by atoms with Gasteiger partial charge in [-0.25, -0.2) is 0 Å². The zero-order chi connectivity index (χ0) is 9.42. The quantitative estimate of drug-likeness (QED) is 0.753. The largest absolute Gasteiger partial charge is 0.385 e. The molecular weight excluding hydrogens is 232 g/mol. The molecule has 3 heteroatoms. The molecule has 0 heterocycles. The Morgan fingerprint density at radius 1 is 1.46 bits per heavy atom. The normalized spacial score (nSPS) is 21.4. The summed E-state index contributed by atoms with van der Waals surface area (Å²) in [5.41, 5.74) is 1.70. The van der Waals surface area contributed by atoms with Crippen molar-refractivity contribution >= 4 is 21.7 Å². The van der Waals surface area contributed by atoms with Crippen LogP contribution in [0.5, 0.6) is 0 Å². The van der Waals surface area contributed by atoms with E-state index in [-0.39, 0.29) is 5.78 Å². The predicted molar refractivity (Wildman–Crippen MR) is 52.8 cm³/mol. The van der Waals surface area contributed by atoms with Crippen molar-refractivity contribution in [2.75, 3.05) is 0 Å². The van der Waals surface area contributed by atoms with E-state index in [0.29, 0.717) is 12.0 Å². The third-order valence-corrected chi connectivity index (χ3v) is 2.82. The van der Waals surface area contributed by atoms with Crippen LogP contribution in [0.4, 0.5) is 0 Å². The van der Waals surface area contributed by atoms with Crippen molar-refractivity contribution in [3.8, 4) is 0 Å². The Balaban J connectivity index is 2.51. The van der Waals surface area contributed by atoms with Crippen LogP contribution in [-0.2, 0) is 6.42 Å². The molecule has 1 atom stereocenters. The maximum Gasteiger partial charge on any atom is 0.191 e. The number of aliphatic hydroxyl groups is 1. The summed E-state index contributed by atoms with van der Waals surface area (Å²) < 4.78 is 0.883. The highest BCUT2D eigenvalue weighted by atomic mass is 79.9. The number of halogens is 1. The molecule has 0 bridgehead atoms. The van der Waals surface area contributed by atoms with Crippen LogP contribution in [-0.4, -0.2) is 17.0 Å².